The second-order valence-corrected chi connectivity index (χ2v) is 5.70. The van der Waals surface area contributed by atoms with Crippen LogP contribution in [0.15, 0.2) is 18.2 Å². The molecule has 3 rings (SSSR count). The van der Waals surface area contributed by atoms with E-state index in [1.807, 2.05) is 23.1 Å². The molecule has 1 saturated heterocycles. The van der Waals surface area contributed by atoms with Crippen molar-refractivity contribution in [1.29, 1.82) is 0 Å². The van der Waals surface area contributed by atoms with Crippen LogP contribution >= 0.6 is 0 Å². The van der Waals surface area contributed by atoms with Crippen LogP contribution in [-0.4, -0.2) is 29.9 Å². The van der Waals surface area contributed by atoms with Crippen molar-refractivity contribution in [2.75, 3.05) is 13.1 Å². The number of nitrogens with two attached hydrogens (primary N) is 1. The molecule has 0 saturated carbocycles. The van der Waals surface area contributed by atoms with E-state index in [0.29, 0.717) is 25.8 Å². The van der Waals surface area contributed by atoms with E-state index in [1.165, 1.54) is 12.0 Å². The Morgan fingerprint density at radius 1 is 1.30 bits per heavy atom. The first-order chi connectivity index (χ1) is 9.79. The number of piperidine rings is 1. The molecule has 0 radical (unpaired) electrons. The van der Waals surface area contributed by atoms with Crippen molar-refractivity contribution in [3.8, 4) is 0 Å². The molecule has 4 nitrogen and oxygen atoms in total. The molecule has 0 spiro atoms. The number of carbonyl (C=O) groups is 1. The number of ether oxygens (including phenoxy) is 1. The Labute approximate surface area is 119 Å². The van der Waals surface area contributed by atoms with Gasteiger partial charge in [0.05, 0.1) is 13.2 Å². The van der Waals surface area contributed by atoms with Crippen LogP contribution in [0.25, 0.3) is 0 Å². The van der Waals surface area contributed by atoms with Crippen molar-refractivity contribution in [3.05, 3.63) is 34.9 Å². The van der Waals surface area contributed by atoms with E-state index in [-0.39, 0.29) is 5.91 Å². The highest BCUT2D eigenvalue weighted by molar-refractivity contribution is 5.94. The fourth-order valence-corrected chi connectivity index (χ4v) is 3.23. The average molecular weight is 274 g/mol. The summed E-state index contributed by atoms with van der Waals surface area (Å²) >= 11 is 0. The van der Waals surface area contributed by atoms with Gasteiger partial charge in [-0.25, -0.2) is 0 Å². The summed E-state index contributed by atoms with van der Waals surface area (Å²) in [4.78, 5) is 14.8. The molecule has 1 aromatic carbocycles. The molecule has 1 amide bonds. The maximum absolute atomic E-state index is 12.7. The first kappa shape index (κ1) is 13.6. The SMILES string of the molecule is NCCC1CCCCN1C(=O)c1ccc2c(c1)COC2. The van der Waals surface area contributed by atoms with Gasteiger partial charge in [-0.1, -0.05) is 6.07 Å². The van der Waals surface area contributed by atoms with Crippen LogP contribution in [0, 0.1) is 0 Å². The van der Waals surface area contributed by atoms with E-state index in [4.69, 9.17) is 10.5 Å². The van der Waals surface area contributed by atoms with Crippen molar-refractivity contribution in [3.63, 3.8) is 0 Å². The van der Waals surface area contributed by atoms with Gasteiger partial charge in [0.25, 0.3) is 5.91 Å². The van der Waals surface area contributed by atoms with Crippen LogP contribution in [0.2, 0.25) is 0 Å². The van der Waals surface area contributed by atoms with E-state index >= 15 is 0 Å². The first-order valence-corrected chi connectivity index (χ1v) is 7.50. The third-order valence-corrected chi connectivity index (χ3v) is 4.36. The molecule has 0 aromatic heterocycles. The summed E-state index contributed by atoms with van der Waals surface area (Å²) in [6, 6.07) is 6.27. The van der Waals surface area contributed by atoms with Crippen molar-refractivity contribution in [2.45, 2.75) is 44.9 Å². The van der Waals surface area contributed by atoms with E-state index in [1.54, 1.807) is 0 Å². The van der Waals surface area contributed by atoms with Gasteiger partial charge < -0.3 is 15.4 Å². The van der Waals surface area contributed by atoms with Crippen LogP contribution in [0.1, 0.15) is 47.2 Å². The van der Waals surface area contributed by atoms with Gasteiger partial charge in [-0.3, -0.25) is 4.79 Å². The van der Waals surface area contributed by atoms with Crippen LogP contribution in [0.4, 0.5) is 0 Å². The number of likely N-dealkylation sites (tertiary alicyclic amines) is 1. The van der Waals surface area contributed by atoms with Crippen LogP contribution in [0.3, 0.4) is 0 Å². The Morgan fingerprint density at radius 3 is 3.00 bits per heavy atom. The van der Waals surface area contributed by atoms with E-state index in [2.05, 4.69) is 0 Å². The summed E-state index contributed by atoms with van der Waals surface area (Å²) in [6.07, 6.45) is 4.28. The van der Waals surface area contributed by atoms with Gasteiger partial charge in [0.2, 0.25) is 0 Å². The zero-order valence-electron chi connectivity index (χ0n) is 11.8. The van der Waals surface area contributed by atoms with Gasteiger partial charge in [-0.15, -0.1) is 0 Å². The van der Waals surface area contributed by atoms with Gasteiger partial charge in [0.15, 0.2) is 0 Å². The molecule has 108 valence electrons. The predicted molar refractivity (Wildman–Crippen MR) is 77.3 cm³/mol. The summed E-state index contributed by atoms with van der Waals surface area (Å²) < 4.78 is 5.41. The molecule has 2 heterocycles. The average Bonchev–Trinajstić information content (AvgIpc) is 2.95. The Morgan fingerprint density at radius 2 is 2.15 bits per heavy atom. The van der Waals surface area contributed by atoms with Crippen LogP contribution < -0.4 is 5.73 Å². The normalized spacial score (nSPS) is 21.9. The number of carbonyl (C=O) groups excluding carboxylic acids is 1. The standard InChI is InChI=1S/C16H22N2O2/c17-7-6-15-3-1-2-8-18(15)16(19)12-4-5-13-10-20-11-14(13)9-12/h4-5,9,15H,1-3,6-8,10-11,17H2. The molecule has 2 aliphatic rings. The fraction of sp³-hybridized carbons (Fsp3) is 0.562. The lowest BCUT2D eigenvalue weighted by Gasteiger charge is -2.35. The monoisotopic (exact) mass is 274 g/mol. The number of amides is 1. The zero-order valence-corrected chi connectivity index (χ0v) is 11.8. The Balaban J connectivity index is 1.80. The fourth-order valence-electron chi connectivity index (χ4n) is 3.23. The molecule has 0 bridgehead atoms. The van der Waals surface area contributed by atoms with Gasteiger partial charge in [-0.2, -0.15) is 0 Å². The molecule has 0 aliphatic carbocycles. The molecule has 4 heteroatoms. The highest BCUT2D eigenvalue weighted by Crippen LogP contribution is 2.25. The minimum atomic E-state index is 0.151. The maximum Gasteiger partial charge on any atom is 0.254 e. The zero-order chi connectivity index (χ0) is 13.9. The second-order valence-electron chi connectivity index (χ2n) is 5.70. The molecule has 1 fully saturated rings. The third kappa shape index (κ3) is 2.58. The van der Waals surface area contributed by atoms with Gasteiger partial charge in [0, 0.05) is 18.2 Å². The van der Waals surface area contributed by atoms with Gasteiger partial charge in [0.1, 0.15) is 0 Å². The third-order valence-electron chi connectivity index (χ3n) is 4.36. The summed E-state index contributed by atoms with van der Waals surface area (Å²) in [5, 5.41) is 0. The van der Waals surface area contributed by atoms with Crippen molar-refractivity contribution in [1.82, 2.24) is 4.90 Å². The predicted octanol–water partition coefficient (Wildman–Crippen LogP) is 2.06. The highest BCUT2D eigenvalue weighted by atomic mass is 16.5. The van der Waals surface area contributed by atoms with Crippen molar-refractivity contribution >= 4 is 5.91 Å². The molecular weight excluding hydrogens is 252 g/mol. The molecular formula is C16H22N2O2. The Hall–Kier alpha value is -1.39. The number of rotatable bonds is 3. The van der Waals surface area contributed by atoms with Crippen LogP contribution in [0.5, 0.6) is 0 Å². The summed E-state index contributed by atoms with van der Waals surface area (Å²) in [7, 11) is 0. The Kier molecular flexibility index (Phi) is 4.03. The van der Waals surface area contributed by atoms with Gasteiger partial charge >= 0.3 is 0 Å². The molecule has 1 aromatic rings. The molecule has 2 N–H and O–H groups in total. The lowest BCUT2D eigenvalue weighted by molar-refractivity contribution is 0.0605. The van der Waals surface area contributed by atoms with Gasteiger partial charge in [-0.05, 0) is 55.5 Å². The highest BCUT2D eigenvalue weighted by Gasteiger charge is 2.27. The second kappa shape index (κ2) is 5.94. The largest absolute Gasteiger partial charge is 0.372 e. The quantitative estimate of drug-likeness (QED) is 0.918. The van der Waals surface area contributed by atoms with Crippen molar-refractivity contribution < 1.29 is 9.53 Å². The molecule has 1 unspecified atom stereocenters. The number of hydrogen-bond donors (Lipinski definition) is 1. The first-order valence-electron chi connectivity index (χ1n) is 7.50. The smallest absolute Gasteiger partial charge is 0.254 e. The number of nitrogens with zero attached hydrogens (tertiary/aromatic N) is 1. The summed E-state index contributed by atoms with van der Waals surface area (Å²) in [5.74, 6) is 0.151. The minimum absolute atomic E-state index is 0.151. The lowest BCUT2D eigenvalue weighted by atomic mass is 9.97. The molecule has 20 heavy (non-hydrogen) atoms. The van der Waals surface area contributed by atoms with E-state index < -0.39 is 0 Å². The van der Waals surface area contributed by atoms with Crippen molar-refractivity contribution in [2.24, 2.45) is 5.73 Å². The number of hydrogen-bond acceptors (Lipinski definition) is 3. The summed E-state index contributed by atoms with van der Waals surface area (Å²) in [6.45, 7) is 2.80. The lowest BCUT2D eigenvalue weighted by Crippen LogP contribution is -2.44. The van der Waals surface area contributed by atoms with E-state index in [0.717, 1.165) is 36.9 Å². The molecule has 2 aliphatic heterocycles. The van der Waals surface area contributed by atoms with E-state index in [9.17, 15) is 4.79 Å². The molecule has 1 atom stereocenters. The number of benzene rings is 1. The topological polar surface area (TPSA) is 55.6 Å². The van der Waals surface area contributed by atoms with Crippen LogP contribution in [-0.2, 0) is 18.0 Å². The number of fused-ring (bicyclic) bond motifs is 1. The minimum Gasteiger partial charge on any atom is -0.372 e. The summed E-state index contributed by atoms with van der Waals surface area (Å²) in [5.41, 5.74) is 8.83. The maximum atomic E-state index is 12.7. The Bertz CT molecular complexity index is 499.